The molecule has 2 atom stereocenters. The van der Waals surface area contributed by atoms with E-state index in [1.165, 1.54) is 6.07 Å². The average Bonchev–Trinajstić information content (AvgIpc) is 0.834. The normalized spacial score (nSPS) is 15.0. The molecular weight excluding hydrogens is 1240 g/mol. The summed E-state index contributed by atoms with van der Waals surface area (Å²) in [6.45, 7) is 40.3. The summed E-state index contributed by atoms with van der Waals surface area (Å²) in [6.07, 6.45) is 4.97. The number of aryl methyl sites for hydroxylation is 2. The maximum absolute atomic E-state index is 11.4. The maximum atomic E-state index is 11.4. The third-order valence-electron chi connectivity index (χ3n) is 17.0. The number of aromatic nitrogens is 4. The van der Waals surface area contributed by atoms with Crippen LogP contribution in [0.2, 0.25) is 0 Å². The minimum Gasteiger partial charge on any atom is -0.363 e. The maximum Gasteiger partial charge on any atom is 0.314 e. The second-order valence-corrected chi connectivity index (χ2v) is 23.7. The minimum absolute atomic E-state index is 0.0628. The van der Waals surface area contributed by atoms with Crippen LogP contribution in [0.1, 0.15) is 47.4 Å². The van der Waals surface area contributed by atoms with E-state index in [4.69, 9.17) is 13.1 Å². The number of nitrogens with zero attached hydrogens (tertiary/aromatic N) is 16. The highest BCUT2D eigenvalue weighted by Gasteiger charge is 2.29. The van der Waals surface area contributed by atoms with Gasteiger partial charge >= 0.3 is 11.4 Å². The number of anilines is 4. The second kappa shape index (κ2) is 36.9. The Kier molecular flexibility index (Phi) is 26.6. The Morgan fingerprint density at radius 1 is 0.485 bits per heavy atom. The lowest BCUT2D eigenvalue weighted by molar-refractivity contribution is -0.384. The van der Waals surface area contributed by atoms with E-state index in [1.54, 1.807) is 37.6 Å². The van der Waals surface area contributed by atoms with Crippen LogP contribution < -0.4 is 19.6 Å². The first-order chi connectivity index (χ1) is 48.2. The van der Waals surface area contributed by atoms with Crippen molar-refractivity contribution in [1.29, 1.82) is 0 Å². The molecule has 20 heteroatoms. The Morgan fingerprint density at radius 2 is 0.919 bits per heavy atom. The van der Waals surface area contributed by atoms with Gasteiger partial charge in [0.25, 0.3) is 0 Å². The average molecular weight is 1320 g/mol. The number of nitro groups is 2. The molecule has 0 N–H and O–H groups in total. The van der Waals surface area contributed by atoms with Crippen LogP contribution in [0.15, 0.2) is 195 Å². The van der Waals surface area contributed by atoms with Crippen molar-refractivity contribution in [3.8, 4) is 47.4 Å². The number of hydrogen-bond acceptors (Lipinski definition) is 16. The number of pyridine rings is 4. The van der Waals surface area contributed by atoms with Crippen LogP contribution >= 0.6 is 0 Å². The predicted molar refractivity (Wildman–Crippen MR) is 394 cm³/mol. The van der Waals surface area contributed by atoms with Gasteiger partial charge in [0.05, 0.1) is 47.3 Å². The predicted octanol–water partition coefficient (Wildman–Crippen LogP) is 11.8. The molecule has 0 radical (unpaired) electrons. The lowest BCUT2D eigenvalue weighted by Crippen LogP contribution is -2.49. The van der Waals surface area contributed by atoms with Gasteiger partial charge in [0.2, 0.25) is 23.0 Å². The molecular formula is C79H80N16O4. The molecule has 8 aromatic rings. The van der Waals surface area contributed by atoms with Gasteiger partial charge < -0.3 is 24.5 Å². The van der Waals surface area contributed by atoms with Crippen molar-refractivity contribution in [2.75, 3.05) is 131 Å². The molecule has 99 heavy (non-hydrogen) atoms. The highest BCUT2D eigenvalue weighted by molar-refractivity contribution is 5.68. The minimum atomic E-state index is -0.372. The van der Waals surface area contributed by atoms with Crippen LogP contribution in [0.5, 0.6) is 0 Å². The van der Waals surface area contributed by atoms with Gasteiger partial charge in [-0.3, -0.25) is 39.9 Å². The number of rotatable bonds is 10. The SMILES string of the molecule is C=C(C#Cc1ccccc1)N1CCN(c2nccc(C)c2[N+](=O)[O-])CC1.CC(C#Cc1ccccc1)N1CCN(c2ncccc2[N+](=O)[O-])CC1.[C-]#[N+]c1ccc(C)nc1N1CCN(CC#Cc2ccccc2)CC1.[C-]#[N+]c1cccnc1N1CCN(C(C)C#Cc2ccccc2)CC1. The molecule has 2 unspecified atom stereocenters. The fraction of sp³-hybridized carbons (Fsp3) is 0.291. The van der Waals surface area contributed by atoms with Gasteiger partial charge in [-0.25, -0.2) is 24.6 Å². The van der Waals surface area contributed by atoms with Crippen molar-refractivity contribution in [3.05, 3.63) is 271 Å². The molecule has 0 aliphatic carbocycles. The number of hydrogen-bond donors (Lipinski definition) is 0. The summed E-state index contributed by atoms with van der Waals surface area (Å²) in [7, 11) is 0. The van der Waals surface area contributed by atoms with Crippen LogP contribution in [-0.2, 0) is 0 Å². The summed E-state index contributed by atoms with van der Waals surface area (Å²) in [6, 6.07) is 52.4. The first kappa shape index (κ1) is 71.4. The quantitative estimate of drug-likeness (QED) is 0.0547. The molecule has 4 aliphatic rings. The monoisotopic (exact) mass is 1320 g/mol. The van der Waals surface area contributed by atoms with Crippen molar-refractivity contribution in [1.82, 2.24) is 39.5 Å². The Bertz CT molecular complexity index is 4360. The molecule has 0 spiro atoms. The molecule has 0 saturated carbocycles. The van der Waals surface area contributed by atoms with Crippen LogP contribution in [0.4, 0.5) is 46.0 Å². The fourth-order valence-corrected chi connectivity index (χ4v) is 11.4. The summed E-state index contributed by atoms with van der Waals surface area (Å²) < 4.78 is 0. The second-order valence-electron chi connectivity index (χ2n) is 23.7. The molecule has 4 fully saturated rings. The van der Waals surface area contributed by atoms with E-state index in [9.17, 15) is 20.2 Å². The van der Waals surface area contributed by atoms with Crippen molar-refractivity contribution >= 4 is 46.0 Å². The zero-order chi connectivity index (χ0) is 69.7. The van der Waals surface area contributed by atoms with E-state index in [1.807, 2.05) is 162 Å². The smallest absolute Gasteiger partial charge is 0.314 e. The largest absolute Gasteiger partial charge is 0.363 e. The number of piperazine rings is 4. The lowest BCUT2D eigenvalue weighted by Gasteiger charge is -2.37. The highest BCUT2D eigenvalue weighted by Crippen LogP contribution is 2.32. The first-order valence-corrected chi connectivity index (χ1v) is 33.0. The van der Waals surface area contributed by atoms with Gasteiger partial charge in [0.15, 0.2) is 0 Å². The van der Waals surface area contributed by atoms with Crippen LogP contribution in [0, 0.1) is 94.6 Å². The molecule has 0 bridgehead atoms. The van der Waals surface area contributed by atoms with Gasteiger partial charge in [-0.15, -0.1) is 0 Å². The topological polar surface area (TPSA) is 172 Å². The molecule has 4 aromatic heterocycles. The van der Waals surface area contributed by atoms with E-state index in [-0.39, 0.29) is 33.3 Å². The molecule has 500 valence electrons. The molecule has 4 saturated heterocycles. The van der Waals surface area contributed by atoms with Crippen molar-refractivity contribution in [2.24, 2.45) is 0 Å². The van der Waals surface area contributed by atoms with Gasteiger partial charge in [0.1, 0.15) is 11.6 Å². The summed E-state index contributed by atoms with van der Waals surface area (Å²) in [5, 5.41) is 22.5. The zero-order valence-electron chi connectivity index (χ0n) is 56.5. The van der Waals surface area contributed by atoms with E-state index < -0.39 is 0 Å². The summed E-state index contributed by atoms with van der Waals surface area (Å²) >= 11 is 0. The molecule has 12 rings (SSSR count). The van der Waals surface area contributed by atoms with E-state index in [2.05, 4.69) is 127 Å². The third-order valence-corrected chi connectivity index (χ3v) is 17.0. The Morgan fingerprint density at radius 3 is 1.43 bits per heavy atom. The van der Waals surface area contributed by atoms with Crippen molar-refractivity contribution in [2.45, 2.75) is 39.8 Å². The van der Waals surface area contributed by atoms with Gasteiger partial charge in [-0.2, -0.15) is 0 Å². The summed E-state index contributed by atoms with van der Waals surface area (Å²) in [4.78, 5) is 63.9. The van der Waals surface area contributed by atoms with Crippen molar-refractivity contribution in [3.63, 3.8) is 0 Å². The highest BCUT2D eigenvalue weighted by atomic mass is 16.6. The van der Waals surface area contributed by atoms with Gasteiger partial charge in [0, 0.05) is 163 Å². The van der Waals surface area contributed by atoms with Gasteiger partial charge in [-0.05, 0) is 94.3 Å². The zero-order valence-corrected chi connectivity index (χ0v) is 56.5. The van der Waals surface area contributed by atoms with Crippen LogP contribution in [-0.4, -0.2) is 173 Å². The van der Waals surface area contributed by atoms with E-state index >= 15 is 0 Å². The number of benzene rings is 4. The van der Waals surface area contributed by atoms with Gasteiger partial charge in [-0.1, -0.05) is 145 Å². The summed E-state index contributed by atoms with van der Waals surface area (Å²) in [5.74, 6) is 28.3. The lowest BCUT2D eigenvalue weighted by atomic mass is 10.2. The number of allylic oxidation sites excluding steroid dienone is 1. The van der Waals surface area contributed by atoms with E-state index in [0.29, 0.717) is 67.8 Å². The Hall–Kier alpha value is -11.9. The van der Waals surface area contributed by atoms with Crippen LogP contribution in [0.25, 0.3) is 9.69 Å². The van der Waals surface area contributed by atoms with Crippen molar-refractivity contribution < 1.29 is 9.85 Å². The third kappa shape index (κ3) is 21.1. The summed E-state index contributed by atoms with van der Waals surface area (Å²) in [5.41, 5.74) is 7.83. The fourth-order valence-electron chi connectivity index (χ4n) is 11.4. The molecule has 0 amide bonds. The van der Waals surface area contributed by atoms with E-state index in [0.717, 1.165) is 117 Å². The first-order valence-electron chi connectivity index (χ1n) is 33.0. The molecule has 4 aliphatic heterocycles. The Balaban J connectivity index is 0.000000154. The Labute approximate surface area is 581 Å². The molecule has 4 aromatic carbocycles. The molecule has 20 nitrogen and oxygen atoms in total. The molecule has 8 heterocycles. The standard InChI is InChI=1S/C20H20N4O2.2C20H20N4.C19H20N4O2/c1-16-10-11-21-20(19(16)24(25)26)23-14-12-22(13-15-23)17(2)8-9-18-6-4-3-5-7-18;1-17(10-11-18-7-4-3-5-8-18)23-13-15-24(16-14-23)20-19(21-2)9-6-12-22-20;1-17-10-11-19(21-2)20(22-17)24-15-13-23(14-16-24)12-6-9-18-7-4-3-5-8-18;1-16(9-10-17-6-3-2-4-7-17)21-12-14-22(15-13-21)19-18(23(24)25)8-5-11-20-19/h3-7,10-11H,2,12-15H2,1H3;3-9,12,17H,13-16H2,1H3;3-5,7-8,10-11H,12-16H2,1H3;2-8,11,16H,12-15H2,1H3. The van der Waals surface area contributed by atoms with Crippen LogP contribution in [0.3, 0.4) is 0 Å².